The van der Waals surface area contributed by atoms with Crippen LogP contribution in [0.3, 0.4) is 0 Å². The van der Waals surface area contributed by atoms with Crippen molar-refractivity contribution in [3.63, 3.8) is 0 Å². The Morgan fingerprint density at radius 1 is 0.844 bits per heavy atom. The predicted octanol–water partition coefficient (Wildman–Crippen LogP) is 4.36. The van der Waals surface area contributed by atoms with Gasteiger partial charge in [-0.1, -0.05) is 66.7 Å². The molecule has 6 nitrogen and oxygen atoms in total. The first-order chi connectivity index (χ1) is 15.7. The van der Waals surface area contributed by atoms with Crippen molar-refractivity contribution >= 4 is 50.2 Å². The van der Waals surface area contributed by atoms with E-state index < -0.39 is 5.91 Å². The monoisotopic (exact) mass is 416 g/mol. The summed E-state index contributed by atoms with van der Waals surface area (Å²) in [6.45, 7) is 0. The first-order valence-corrected chi connectivity index (χ1v) is 10.2. The fourth-order valence-corrected chi connectivity index (χ4v) is 4.26. The van der Waals surface area contributed by atoms with Crippen LogP contribution in [-0.4, -0.2) is 21.5 Å². The number of nitrogens with zero attached hydrogens (tertiary/aromatic N) is 3. The quantitative estimate of drug-likeness (QED) is 0.265. The average molecular weight is 416 g/mol. The molecule has 152 valence electrons. The normalized spacial score (nSPS) is 11.9. The molecule has 6 aromatic rings. The lowest BCUT2D eigenvalue weighted by atomic mass is 10.1. The number of amides is 1. The number of fused-ring (bicyclic) bond motifs is 5. The van der Waals surface area contributed by atoms with Crippen molar-refractivity contribution in [2.24, 2.45) is 5.10 Å². The van der Waals surface area contributed by atoms with Crippen LogP contribution in [-0.2, 0) is 0 Å². The Morgan fingerprint density at radius 2 is 1.53 bits per heavy atom. The van der Waals surface area contributed by atoms with Gasteiger partial charge in [0.05, 0.1) is 22.8 Å². The van der Waals surface area contributed by atoms with Gasteiger partial charge in [0.1, 0.15) is 5.69 Å². The fourth-order valence-electron chi connectivity index (χ4n) is 4.26. The van der Waals surface area contributed by atoms with E-state index in [1.807, 2.05) is 72.8 Å². The molecule has 0 saturated carbocycles. The van der Waals surface area contributed by atoms with Gasteiger partial charge in [-0.3, -0.25) is 14.0 Å². The number of hydrogen-bond donors (Lipinski definition) is 1. The Kier molecular flexibility index (Phi) is 3.98. The summed E-state index contributed by atoms with van der Waals surface area (Å²) in [4.78, 5) is 30.9. The number of pyridine rings is 2. The first-order valence-electron chi connectivity index (χ1n) is 10.2. The lowest BCUT2D eigenvalue weighted by Crippen LogP contribution is -2.20. The lowest BCUT2D eigenvalue weighted by molar-refractivity contribution is 0.0950. The van der Waals surface area contributed by atoms with Crippen molar-refractivity contribution in [3.8, 4) is 0 Å². The van der Waals surface area contributed by atoms with Crippen LogP contribution in [0.2, 0.25) is 0 Å². The molecule has 0 spiro atoms. The number of hydrogen-bond acceptors (Lipinski definition) is 4. The highest BCUT2D eigenvalue weighted by molar-refractivity contribution is 6.20. The summed E-state index contributed by atoms with van der Waals surface area (Å²) in [6, 6.07) is 26.3. The van der Waals surface area contributed by atoms with E-state index >= 15 is 0 Å². The molecule has 0 saturated heterocycles. The van der Waals surface area contributed by atoms with Crippen LogP contribution in [0.4, 0.5) is 0 Å². The van der Waals surface area contributed by atoms with E-state index in [2.05, 4.69) is 15.5 Å². The zero-order chi connectivity index (χ0) is 21.7. The van der Waals surface area contributed by atoms with Crippen molar-refractivity contribution in [2.75, 3.05) is 0 Å². The van der Waals surface area contributed by atoms with Crippen LogP contribution < -0.4 is 11.0 Å². The molecule has 0 aliphatic carbocycles. The van der Waals surface area contributed by atoms with Gasteiger partial charge in [0.25, 0.3) is 11.5 Å². The molecule has 0 aliphatic heterocycles. The summed E-state index contributed by atoms with van der Waals surface area (Å²) < 4.78 is 1.70. The largest absolute Gasteiger partial charge is 0.289 e. The third-order valence-corrected chi connectivity index (χ3v) is 5.68. The van der Waals surface area contributed by atoms with Gasteiger partial charge in [-0.15, -0.1) is 0 Å². The maximum absolute atomic E-state index is 13.3. The minimum absolute atomic E-state index is 0.0919. The predicted molar refractivity (Wildman–Crippen MR) is 127 cm³/mol. The average Bonchev–Trinajstić information content (AvgIpc) is 3.18. The minimum atomic E-state index is -0.415. The Morgan fingerprint density at radius 3 is 2.34 bits per heavy atom. The molecule has 1 N–H and O–H groups in total. The molecule has 0 bridgehead atoms. The molecule has 0 atom stereocenters. The zero-order valence-electron chi connectivity index (χ0n) is 16.8. The molecule has 0 fully saturated rings. The number of benzene rings is 3. The maximum atomic E-state index is 13.3. The van der Waals surface area contributed by atoms with Gasteiger partial charge in [-0.25, -0.2) is 10.4 Å². The molecule has 3 aromatic carbocycles. The molecular weight excluding hydrogens is 400 g/mol. The van der Waals surface area contributed by atoms with Gasteiger partial charge < -0.3 is 0 Å². The third-order valence-electron chi connectivity index (χ3n) is 5.68. The number of carbonyl (C=O) groups excluding carboxylic acids is 1. The molecule has 0 unspecified atom stereocenters. The number of hydrazone groups is 1. The summed E-state index contributed by atoms with van der Waals surface area (Å²) in [5.41, 5.74) is 5.72. The SMILES string of the molecule is O=C(N/N=C/c1ccccc1)c1cc2c3ccccc3n3c(=O)c4ccccc4c(n1)c23. The molecular formula is C26H16N4O2. The highest BCUT2D eigenvalue weighted by Gasteiger charge is 2.20. The molecule has 0 aliphatic rings. The Hall–Kier alpha value is -4.58. The molecule has 6 heteroatoms. The molecule has 3 aromatic heterocycles. The van der Waals surface area contributed by atoms with Crippen LogP contribution in [0.15, 0.2) is 94.8 Å². The van der Waals surface area contributed by atoms with Crippen LogP contribution in [0.25, 0.3) is 38.1 Å². The second-order valence-electron chi connectivity index (χ2n) is 7.57. The number of para-hydroxylation sites is 1. The Bertz CT molecular complexity index is 1740. The molecule has 32 heavy (non-hydrogen) atoms. The fraction of sp³-hybridized carbons (Fsp3) is 0. The van der Waals surface area contributed by atoms with Crippen LogP contribution in [0.5, 0.6) is 0 Å². The second-order valence-corrected chi connectivity index (χ2v) is 7.57. The smallest absolute Gasteiger partial charge is 0.273 e. The van der Waals surface area contributed by atoms with Crippen molar-refractivity contribution in [3.05, 3.63) is 107 Å². The first kappa shape index (κ1) is 18.2. The van der Waals surface area contributed by atoms with Gasteiger partial charge in [0.2, 0.25) is 0 Å². The second kappa shape index (κ2) is 6.99. The number of nitrogens with one attached hydrogen (secondary N) is 1. The van der Waals surface area contributed by atoms with Crippen LogP contribution >= 0.6 is 0 Å². The van der Waals surface area contributed by atoms with Crippen molar-refractivity contribution in [1.82, 2.24) is 14.8 Å². The minimum Gasteiger partial charge on any atom is -0.273 e. The Labute approximate surface area is 181 Å². The topological polar surface area (TPSA) is 75.8 Å². The van der Waals surface area contributed by atoms with Gasteiger partial charge in [0.15, 0.2) is 0 Å². The maximum Gasteiger partial charge on any atom is 0.289 e. The van der Waals surface area contributed by atoms with E-state index in [1.54, 1.807) is 22.7 Å². The van der Waals surface area contributed by atoms with Gasteiger partial charge in [0, 0.05) is 21.5 Å². The summed E-state index contributed by atoms with van der Waals surface area (Å²) in [7, 11) is 0. The number of rotatable bonds is 3. The molecule has 6 rings (SSSR count). The standard InChI is InChI=1S/C26H16N4O2/c31-25(29-27-15-16-8-2-1-3-9-16)21-14-20-17-10-6-7-13-22(17)30-24(20)23(28-21)18-11-4-5-12-19(18)26(30)32/h1-15H,(H,29,31)/b27-15+. The number of carbonyl (C=O) groups is 1. The highest BCUT2D eigenvalue weighted by Crippen LogP contribution is 2.33. The third kappa shape index (κ3) is 2.66. The molecule has 3 heterocycles. The van der Waals surface area contributed by atoms with Crippen molar-refractivity contribution < 1.29 is 4.79 Å². The van der Waals surface area contributed by atoms with E-state index in [-0.39, 0.29) is 11.3 Å². The van der Waals surface area contributed by atoms with E-state index in [0.29, 0.717) is 10.9 Å². The summed E-state index contributed by atoms with van der Waals surface area (Å²) in [5.74, 6) is -0.415. The van der Waals surface area contributed by atoms with Crippen molar-refractivity contribution in [2.45, 2.75) is 0 Å². The van der Waals surface area contributed by atoms with E-state index in [0.717, 1.165) is 32.8 Å². The summed E-state index contributed by atoms with van der Waals surface area (Å²) in [5, 5.41) is 7.06. The van der Waals surface area contributed by atoms with Crippen LogP contribution in [0, 0.1) is 0 Å². The zero-order valence-corrected chi connectivity index (χ0v) is 16.8. The summed E-state index contributed by atoms with van der Waals surface area (Å²) >= 11 is 0. The molecule has 1 amide bonds. The van der Waals surface area contributed by atoms with E-state index in [4.69, 9.17) is 0 Å². The van der Waals surface area contributed by atoms with E-state index in [1.165, 1.54) is 0 Å². The van der Waals surface area contributed by atoms with Crippen molar-refractivity contribution in [1.29, 1.82) is 0 Å². The van der Waals surface area contributed by atoms with Gasteiger partial charge in [-0.05, 0) is 23.8 Å². The van der Waals surface area contributed by atoms with Gasteiger partial charge in [-0.2, -0.15) is 5.10 Å². The summed E-state index contributed by atoms with van der Waals surface area (Å²) in [6.07, 6.45) is 1.58. The number of aromatic nitrogens is 2. The van der Waals surface area contributed by atoms with E-state index in [9.17, 15) is 9.59 Å². The molecule has 0 radical (unpaired) electrons. The lowest BCUT2D eigenvalue weighted by Gasteiger charge is -2.07. The van der Waals surface area contributed by atoms with Gasteiger partial charge >= 0.3 is 0 Å². The van der Waals surface area contributed by atoms with Crippen LogP contribution in [0.1, 0.15) is 16.1 Å². The highest BCUT2D eigenvalue weighted by atomic mass is 16.2. The Balaban J connectivity index is 1.58.